The SMILES string of the molecule is CCN(CC1CC1)c1ccc(N)cc1I. The fourth-order valence-corrected chi connectivity index (χ4v) is 2.67. The molecule has 0 heterocycles. The summed E-state index contributed by atoms with van der Waals surface area (Å²) in [6, 6.07) is 6.18. The van der Waals surface area contributed by atoms with Gasteiger partial charge >= 0.3 is 0 Å². The molecule has 0 bridgehead atoms. The lowest BCUT2D eigenvalue weighted by atomic mass is 10.2. The molecule has 0 unspecified atom stereocenters. The first-order chi connectivity index (χ1) is 7.20. The molecule has 0 atom stereocenters. The highest BCUT2D eigenvalue weighted by Crippen LogP contribution is 2.33. The molecule has 0 amide bonds. The Hall–Kier alpha value is -0.450. The van der Waals surface area contributed by atoms with Crippen LogP contribution in [0.15, 0.2) is 18.2 Å². The van der Waals surface area contributed by atoms with Gasteiger partial charge in [0.2, 0.25) is 0 Å². The van der Waals surface area contributed by atoms with Crippen molar-refractivity contribution in [2.45, 2.75) is 19.8 Å². The maximum absolute atomic E-state index is 5.76. The van der Waals surface area contributed by atoms with Crippen molar-refractivity contribution in [3.05, 3.63) is 21.8 Å². The number of halogens is 1. The summed E-state index contributed by atoms with van der Waals surface area (Å²) in [5, 5.41) is 0. The Labute approximate surface area is 105 Å². The predicted octanol–water partition coefficient (Wildman–Crippen LogP) is 3.11. The minimum Gasteiger partial charge on any atom is -0.399 e. The van der Waals surface area contributed by atoms with Crippen molar-refractivity contribution in [2.75, 3.05) is 23.7 Å². The molecule has 82 valence electrons. The van der Waals surface area contributed by atoms with Gasteiger partial charge in [-0.3, -0.25) is 0 Å². The Morgan fingerprint density at radius 2 is 2.20 bits per heavy atom. The van der Waals surface area contributed by atoms with Gasteiger partial charge in [-0.1, -0.05) is 0 Å². The van der Waals surface area contributed by atoms with Crippen molar-refractivity contribution in [1.29, 1.82) is 0 Å². The number of hydrogen-bond donors (Lipinski definition) is 1. The summed E-state index contributed by atoms with van der Waals surface area (Å²) in [6.45, 7) is 4.50. The van der Waals surface area contributed by atoms with Crippen molar-refractivity contribution < 1.29 is 0 Å². The van der Waals surface area contributed by atoms with E-state index in [2.05, 4.69) is 40.5 Å². The number of nitrogens with zero attached hydrogens (tertiary/aromatic N) is 1. The van der Waals surface area contributed by atoms with Crippen molar-refractivity contribution >= 4 is 34.0 Å². The minimum atomic E-state index is 0.852. The summed E-state index contributed by atoms with van der Waals surface area (Å²) in [7, 11) is 0. The van der Waals surface area contributed by atoms with Crippen molar-refractivity contribution in [1.82, 2.24) is 0 Å². The summed E-state index contributed by atoms with van der Waals surface area (Å²) < 4.78 is 1.26. The van der Waals surface area contributed by atoms with Crippen LogP contribution in [0.4, 0.5) is 11.4 Å². The number of anilines is 2. The van der Waals surface area contributed by atoms with Gasteiger partial charge in [0.05, 0.1) is 5.69 Å². The Bertz CT molecular complexity index is 347. The largest absolute Gasteiger partial charge is 0.399 e. The Morgan fingerprint density at radius 3 is 2.73 bits per heavy atom. The summed E-state index contributed by atoms with van der Waals surface area (Å²) >= 11 is 2.37. The van der Waals surface area contributed by atoms with Gasteiger partial charge in [0, 0.05) is 22.3 Å². The first-order valence-electron chi connectivity index (χ1n) is 5.50. The Kier molecular flexibility index (Phi) is 3.38. The Morgan fingerprint density at radius 1 is 1.47 bits per heavy atom. The van der Waals surface area contributed by atoms with Crippen LogP contribution in [-0.4, -0.2) is 13.1 Å². The van der Waals surface area contributed by atoms with Crippen LogP contribution in [0, 0.1) is 9.49 Å². The number of rotatable bonds is 4. The molecule has 15 heavy (non-hydrogen) atoms. The number of nitrogens with two attached hydrogens (primary N) is 1. The summed E-state index contributed by atoms with van der Waals surface area (Å²) in [5.74, 6) is 0.929. The maximum Gasteiger partial charge on any atom is 0.0503 e. The van der Waals surface area contributed by atoms with E-state index in [4.69, 9.17) is 5.73 Å². The molecule has 1 fully saturated rings. The van der Waals surface area contributed by atoms with E-state index in [9.17, 15) is 0 Å². The third kappa shape index (κ3) is 2.77. The molecule has 1 aromatic rings. The van der Waals surface area contributed by atoms with E-state index >= 15 is 0 Å². The molecule has 1 saturated carbocycles. The third-order valence-corrected chi connectivity index (χ3v) is 3.73. The molecule has 2 N–H and O–H groups in total. The van der Waals surface area contributed by atoms with Gasteiger partial charge in [-0.25, -0.2) is 0 Å². The first-order valence-corrected chi connectivity index (χ1v) is 6.58. The van der Waals surface area contributed by atoms with Gasteiger partial charge in [-0.05, 0) is 66.5 Å². The monoisotopic (exact) mass is 316 g/mol. The number of benzene rings is 1. The molecule has 1 aliphatic rings. The van der Waals surface area contributed by atoms with E-state index in [0.29, 0.717) is 0 Å². The third-order valence-electron chi connectivity index (χ3n) is 2.87. The minimum absolute atomic E-state index is 0.852. The quantitative estimate of drug-likeness (QED) is 0.683. The van der Waals surface area contributed by atoms with Crippen molar-refractivity contribution in [3.63, 3.8) is 0 Å². The molecule has 0 aliphatic heterocycles. The van der Waals surface area contributed by atoms with Gasteiger partial charge in [0.25, 0.3) is 0 Å². The van der Waals surface area contributed by atoms with Gasteiger partial charge in [-0.2, -0.15) is 0 Å². The first kappa shape index (κ1) is 11.0. The number of hydrogen-bond acceptors (Lipinski definition) is 2. The highest BCUT2D eigenvalue weighted by Gasteiger charge is 2.24. The van der Waals surface area contributed by atoms with Crippen LogP contribution in [0.25, 0.3) is 0 Å². The predicted molar refractivity (Wildman–Crippen MR) is 74.2 cm³/mol. The molecule has 2 nitrogen and oxygen atoms in total. The van der Waals surface area contributed by atoms with E-state index in [0.717, 1.165) is 18.2 Å². The molecule has 2 rings (SSSR count). The molecule has 0 saturated heterocycles. The maximum atomic E-state index is 5.76. The lowest BCUT2D eigenvalue weighted by Gasteiger charge is -2.24. The second-order valence-electron chi connectivity index (χ2n) is 4.19. The molecule has 3 heteroatoms. The van der Waals surface area contributed by atoms with Crippen molar-refractivity contribution in [2.24, 2.45) is 5.92 Å². The van der Waals surface area contributed by atoms with E-state index in [1.165, 1.54) is 28.6 Å². The molecular formula is C12H17IN2. The van der Waals surface area contributed by atoms with Gasteiger partial charge in [0.15, 0.2) is 0 Å². The summed E-state index contributed by atoms with van der Waals surface area (Å²) in [5.41, 5.74) is 7.94. The average molecular weight is 316 g/mol. The fourth-order valence-electron chi connectivity index (χ4n) is 1.79. The zero-order valence-corrected chi connectivity index (χ0v) is 11.2. The van der Waals surface area contributed by atoms with E-state index in [1.54, 1.807) is 0 Å². The molecule has 0 spiro atoms. The average Bonchev–Trinajstić information content (AvgIpc) is 2.99. The highest BCUT2D eigenvalue weighted by atomic mass is 127. The van der Waals surface area contributed by atoms with Crippen LogP contribution in [0.5, 0.6) is 0 Å². The molecule has 1 aromatic carbocycles. The topological polar surface area (TPSA) is 29.3 Å². The molecule has 1 aliphatic carbocycles. The zero-order valence-electron chi connectivity index (χ0n) is 9.04. The van der Waals surface area contributed by atoms with E-state index in [1.807, 2.05) is 12.1 Å². The van der Waals surface area contributed by atoms with Crippen LogP contribution in [0.1, 0.15) is 19.8 Å². The van der Waals surface area contributed by atoms with Crippen LogP contribution in [0.3, 0.4) is 0 Å². The van der Waals surface area contributed by atoms with Gasteiger partial charge in [-0.15, -0.1) is 0 Å². The lowest BCUT2D eigenvalue weighted by molar-refractivity contribution is 0.740. The van der Waals surface area contributed by atoms with Gasteiger partial charge < -0.3 is 10.6 Å². The van der Waals surface area contributed by atoms with Crippen LogP contribution in [0.2, 0.25) is 0 Å². The fraction of sp³-hybridized carbons (Fsp3) is 0.500. The molecule has 0 radical (unpaired) electrons. The molecule has 0 aromatic heterocycles. The zero-order chi connectivity index (χ0) is 10.8. The van der Waals surface area contributed by atoms with Crippen LogP contribution >= 0.6 is 22.6 Å². The summed E-state index contributed by atoms with van der Waals surface area (Å²) in [4.78, 5) is 2.46. The second kappa shape index (κ2) is 4.60. The smallest absolute Gasteiger partial charge is 0.0503 e. The van der Waals surface area contributed by atoms with Crippen molar-refractivity contribution in [3.8, 4) is 0 Å². The standard InChI is InChI=1S/C12H17IN2/c1-2-15(8-9-3-4-9)12-6-5-10(14)7-11(12)13/h5-7,9H,2-4,8,14H2,1H3. The Balaban J connectivity index is 2.16. The van der Waals surface area contributed by atoms with E-state index in [-0.39, 0.29) is 0 Å². The summed E-state index contributed by atoms with van der Waals surface area (Å²) in [6.07, 6.45) is 2.81. The van der Waals surface area contributed by atoms with Crippen LogP contribution < -0.4 is 10.6 Å². The van der Waals surface area contributed by atoms with E-state index < -0.39 is 0 Å². The van der Waals surface area contributed by atoms with Crippen LogP contribution in [-0.2, 0) is 0 Å². The normalized spacial score (nSPS) is 15.3. The highest BCUT2D eigenvalue weighted by molar-refractivity contribution is 14.1. The molecular weight excluding hydrogens is 299 g/mol. The lowest BCUT2D eigenvalue weighted by Crippen LogP contribution is -2.25. The van der Waals surface area contributed by atoms with Gasteiger partial charge in [0.1, 0.15) is 0 Å². The number of nitrogen functional groups attached to an aromatic ring is 1. The second-order valence-corrected chi connectivity index (χ2v) is 5.36.